The van der Waals surface area contributed by atoms with Crippen LogP contribution in [0.1, 0.15) is 18.9 Å². The smallest absolute Gasteiger partial charge is 0.181 e. The van der Waals surface area contributed by atoms with Crippen LogP contribution >= 0.6 is 0 Å². The Hall–Kier alpha value is -1.38. The molecule has 0 spiro atoms. The van der Waals surface area contributed by atoms with Gasteiger partial charge in [-0.05, 0) is 13.0 Å². The molecule has 0 saturated carbocycles. The van der Waals surface area contributed by atoms with E-state index in [0.29, 0.717) is 12.2 Å². The average molecular weight is 251 g/mol. The van der Waals surface area contributed by atoms with E-state index < -0.39 is 15.4 Å². The third-order valence-electron chi connectivity index (χ3n) is 2.95. The summed E-state index contributed by atoms with van der Waals surface area (Å²) in [6, 6.07) is 8.71. The topological polar surface area (TPSA) is 67.2 Å². The molecule has 0 aromatic heterocycles. The predicted molar refractivity (Wildman–Crippen MR) is 62.0 cm³/mol. The van der Waals surface area contributed by atoms with E-state index in [1.165, 1.54) is 6.07 Å². The quantitative estimate of drug-likeness (QED) is 0.801. The van der Waals surface area contributed by atoms with Gasteiger partial charge in [0.2, 0.25) is 0 Å². The fourth-order valence-corrected chi connectivity index (χ4v) is 3.77. The SMILES string of the molecule is CCOC1(C#N)CCS(=O)(=O)c2ccccc21. The van der Waals surface area contributed by atoms with Gasteiger partial charge in [-0.25, -0.2) is 8.42 Å². The molecule has 0 N–H and O–H groups in total. The Labute approximate surface area is 101 Å². The first-order valence-corrected chi connectivity index (χ1v) is 7.08. The fraction of sp³-hybridized carbons (Fsp3) is 0.417. The molecule has 0 radical (unpaired) electrons. The van der Waals surface area contributed by atoms with Gasteiger partial charge in [0.1, 0.15) is 6.07 Å². The van der Waals surface area contributed by atoms with Crippen LogP contribution in [0.5, 0.6) is 0 Å². The Morgan fingerprint density at radius 2 is 2.18 bits per heavy atom. The van der Waals surface area contributed by atoms with Crippen LogP contribution in [0.4, 0.5) is 0 Å². The maximum absolute atomic E-state index is 11.9. The van der Waals surface area contributed by atoms with Gasteiger partial charge in [-0.2, -0.15) is 5.26 Å². The summed E-state index contributed by atoms with van der Waals surface area (Å²) < 4.78 is 29.3. The van der Waals surface area contributed by atoms with Crippen molar-refractivity contribution in [3.8, 4) is 6.07 Å². The highest BCUT2D eigenvalue weighted by Gasteiger charge is 2.43. The lowest BCUT2D eigenvalue weighted by Crippen LogP contribution is -2.36. The predicted octanol–water partition coefficient (Wildman–Crippen LogP) is 1.62. The Balaban J connectivity index is 2.67. The minimum Gasteiger partial charge on any atom is -0.356 e. The van der Waals surface area contributed by atoms with E-state index in [1.807, 2.05) is 0 Å². The van der Waals surface area contributed by atoms with Gasteiger partial charge in [0, 0.05) is 18.6 Å². The standard InChI is InChI=1S/C12H13NO3S/c1-2-16-12(9-13)7-8-17(14,15)11-6-4-3-5-10(11)12/h3-6H,2,7-8H2,1H3. The molecule has 1 heterocycles. The molecule has 0 fully saturated rings. The van der Waals surface area contributed by atoms with E-state index in [1.54, 1.807) is 25.1 Å². The molecule has 0 saturated heterocycles. The molecular formula is C12H13NO3S. The number of hydrogen-bond acceptors (Lipinski definition) is 4. The van der Waals surface area contributed by atoms with Crippen molar-refractivity contribution < 1.29 is 13.2 Å². The highest BCUT2D eigenvalue weighted by atomic mass is 32.2. The van der Waals surface area contributed by atoms with Crippen molar-refractivity contribution in [1.29, 1.82) is 5.26 Å². The number of rotatable bonds is 2. The number of nitriles is 1. The summed E-state index contributed by atoms with van der Waals surface area (Å²) in [5, 5.41) is 9.32. The largest absolute Gasteiger partial charge is 0.356 e. The molecule has 1 aromatic carbocycles. The lowest BCUT2D eigenvalue weighted by atomic mass is 9.92. The number of ether oxygens (including phenoxy) is 1. The monoisotopic (exact) mass is 251 g/mol. The number of hydrogen-bond donors (Lipinski definition) is 0. The Kier molecular flexibility index (Phi) is 2.94. The van der Waals surface area contributed by atoms with E-state index in [9.17, 15) is 13.7 Å². The van der Waals surface area contributed by atoms with Crippen molar-refractivity contribution in [3.05, 3.63) is 29.8 Å². The zero-order chi connectivity index (χ0) is 12.5. The first-order valence-electron chi connectivity index (χ1n) is 5.43. The summed E-state index contributed by atoms with van der Waals surface area (Å²) >= 11 is 0. The van der Waals surface area contributed by atoms with E-state index in [4.69, 9.17) is 4.74 Å². The zero-order valence-corrected chi connectivity index (χ0v) is 10.3. The van der Waals surface area contributed by atoms with Crippen LogP contribution in [-0.4, -0.2) is 20.8 Å². The molecule has 17 heavy (non-hydrogen) atoms. The molecule has 1 aromatic rings. The highest BCUT2D eigenvalue weighted by Crippen LogP contribution is 2.39. The van der Waals surface area contributed by atoms with Crippen molar-refractivity contribution >= 4 is 9.84 Å². The van der Waals surface area contributed by atoms with Gasteiger partial charge >= 0.3 is 0 Å². The lowest BCUT2D eigenvalue weighted by molar-refractivity contribution is -0.00439. The molecule has 1 unspecified atom stereocenters. The molecular weight excluding hydrogens is 238 g/mol. The van der Waals surface area contributed by atoms with E-state index in [0.717, 1.165) is 0 Å². The van der Waals surface area contributed by atoms with Crippen molar-refractivity contribution in [2.24, 2.45) is 0 Å². The first-order chi connectivity index (χ1) is 8.06. The number of benzene rings is 1. The number of fused-ring (bicyclic) bond motifs is 1. The average Bonchev–Trinajstić information content (AvgIpc) is 2.34. The van der Waals surface area contributed by atoms with Gasteiger partial charge in [-0.3, -0.25) is 0 Å². The maximum Gasteiger partial charge on any atom is 0.181 e. The maximum atomic E-state index is 11.9. The van der Waals surface area contributed by atoms with Crippen molar-refractivity contribution in [2.45, 2.75) is 23.8 Å². The fourth-order valence-electron chi connectivity index (χ4n) is 2.14. The normalized spacial score (nSPS) is 25.9. The van der Waals surface area contributed by atoms with Crippen molar-refractivity contribution in [1.82, 2.24) is 0 Å². The molecule has 5 heteroatoms. The van der Waals surface area contributed by atoms with Gasteiger partial charge in [-0.1, -0.05) is 18.2 Å². The molecule has 0 bridgehead atoms. The van der Waals surface area contributed by atoms with Gasteiger partial charge in [0.15, 0.2) is 15.4 Å². The number of sulfone groups is 1. The molecule has 90 valence electrons. The van der Waals surface area contributed by atoms with Gasteiger partial charge in [0.05, 0.1) is 10.6 Å². The second kappa shape index (κ2) is 4.13. The second-order valence-electron chi connectivity index (χ2n) is 3.94. The summed E-state index contributed by atoms with van der Waals surface area (Å²) in [6.07, 6.45) is 0.191. The Bertz CT molecular complexity index is 574. The zero-order valence-electron chi connectivity index (χ0n) is 9.51. The van der Waals surface area contributed by atoms with Gasteiger partial charge in [0.25, 0.3) is 0 Å². The van der Waals surface area contributed by atoms with Crippen LogP contribution in [0.15, 0.2) is 29.2 Å². The van der Waals surface area contributed by atoms with Crippen LogP contribution in [0, 0.1) is 11.3 Å². The third-order valence-corrected chi connectivity index (χ3v) is 4.72. The summed E-state index contributed by atoms with van der Waals surface area (Å²) in [7, 11) is -3.27. The number of nitrogens with zero attached hydrogens (tertiary/aromatic N) is 1. The third kappa shape index (κ3) is 1.84. The molecule has 1 aliphatic rings. The van der Waals surface area contributed by atoms with Crippen molar-refractivity contribution in [3.63, 3.8) is 0 Å². The Morgan fingerprint density at radius 3 is 2.82 bits per heavy atom. The van der Waals surface area contributed by atoms with Crippen LogP contribution in [0.3, 0.4) is 0 Å². The lowest BCUT2D eigenvalue weighted by Gasteiger charge is -2.32. The van der Waals surface area contributed by atoms with Crippen molar-refractivity contribution in [2.75, 3.05) is 12.4 Å². The van der Waals surface area contributed by atoms with E-state index in [-0.39, 0.29) is 17.1 Å². The Morgan fingerprint density at radius 1 is 1.47 bits per heavy atom. The molecule has 0 aliphatic carbocycles. The van der Waals surface area contributed by atoms with Crippen LogP contribution in [0.2, 0.25) is 0 Å². The molecule has 4 nitrogen and oxygen atoms in total. The summed E-state index contributed by atoms with van der Waals surface area (Å²) in [6.45, 7) is 2.17. The van der Waals surface area contributed by atoms with E-state index >= 15 is 0 Å². The minimum absolute atomic E-state index is 0.0441. The van der Waals surface area contributed by atoms with E-state index in [2.05, 4.69) is 6.07 Å². The first kappa shape index (κ1) is 12.1. The molecule has 2 rings (SSSR count). The minimum atomic E-state index is -3.27. The van der Waals surface area contributed by atoms with Crippen LogP contribution in [0.25, 0.3) is 0 Å². The van der Waals surface area contributed by atoms with Crippen LogP contribution < -0.4 is 0 Å². The second-order valence-corrected chi connectivity index (χ2v) is 6.01. The molecule has 1 atom stereocenters. The highest BCUT2D eigenvalue weighted by molar-refractivity contribution is 7.91. The summed E-state index contributed by atoms with van der Waals surface area (Å²) in [5.74, 6) is -0.0441. The van der Waals surface area contributed by atoms with Gasteiger partial charge < -0.3 is 4.74 Å². The molecule has 1 aliphatic heterocycles. The van der Waals surface area contributed by atoms with Crippen LogP contribution in [-0.2, 0) is 20.2 Å². The molecule has 0 amide bonds. The summed E-state index contributed by atoms with van der Waals surface area (Å²) in [4.78, 5) is 0.223. The summed E-state index contributed by atoms with van der Waals surface area (Å²) in [5.41, 5.74) is -0.646. The van der Waals surface area contributed by atoms with Gasteiger partial charge in [-0.15, -0.1) is 0 Å².